The molecule has 5 heteroatoms. The minimum Gasteiger partial charge on any atom is -0.337 e. The minimum atomic E-state index is -0.429. The predicted molar refractivity (Wildman–Crippen MR) is 98.4 cm³/mol. The number of halogens is 2. The first kappa shape index (κ1) is 17.9. The highest BCUT2D eigenvalue weighted by Gasteiger charge is 2.22. The number of aryl methyl sites for hydroxylation is 1. The van der Waals surface area contributed by atoms with Crippen molar-refractivity contribution in [2.45, 2.75) is 19.9 Å². The van der Waals surface area contributed by atoms with Crippen molar-refractivity contribution in [3.05, 3.63) is 70.0 Å². The van der Waals surface area contributed by atoms with Gasteiger partial charge in [-0.25, -0.2) is 4.39 Å². The van der Waals surface area contributed by atoms with Gasteiger partial charge in [-0.05, 0) is 42.7 Å². The molecule has 132 valence electrons. The molecule has 2 aromatic rings. The largest absolute Gasteiger partial charge is 0.337 e. The van der Waals surface area contributed by atoms with Gasteiger partial charge in [-0.1, -0.05) is 35.9 Å². The van der Waals surface area contributed by atoms with Crippen molar-refractivity contribution >= 4 is 17.5 Å². The molecule has 0 aliphatic carbocycles. The fourth-order valence-electron chi connectivity index (χ4n) is 3.19. The maximum atomic E-state index is 13.2. The monoisotopic (exact) mass is 360 g/mol. The molecule has 1 amide bonds. The Labute approximate surface area is 153 Å². The van der Waals surface area contributed by atoms with Gasteiger partial charge >= 0.3 is 0 Å². The molecular weight excluding hydrogens is 339 g/mol. The Kier molecular flexibility index (Phi) is 5.71. The van der Waals surface area contributed by atoms with Crippen molar-refractivity contribution in [2.75, 3.05) is 26.2 Å². The fraction of sp³-hybridized carbons (Fsp3) is 0.350. The zero-order chi connectivity index (χ0) is 17.8. The first-order valence-electron chi connectivity index (χ1n) is 8.56. The van der Waals surface area contributed by atoms with E-state index in [1.807, 2.05) is 11.0 Å². The van der Waals surface area contributed by atoms with E-state index in [4.69, 9.17) is 11.6 Å². The summed E-state index contributed by atoms with van der Waals surface area (Å²) in [6, 6.07) is 12.3. The first-order chi connectivity index (χ1) is 12.0. The molecule has 0 bridgehead atoms. The van der Waals surface area contributed by atoms with Crippen LogP contribution in [0, 0.1) is 12.7 Å². The van der Waals surface area contributed by atoms with E-state index in [1.165, 1.54) is 29.3 Å². The van der Waals surface area contributed by atoms with Crippen LogP contribution in [0.15, 0.2) is 42.5 Å². The van der Waals surface area contributed by atoms with Crippen LogP contribution in [0.5, 0.6) is 0 Å². The van der Waals surface area contributed by atoms with Crippen molar-refractivity contribution in [2.24, 2.45) is 0 Å². The number of rotatable bonds is 3. The van der Waals surface area contributed by atoms with Gasteiger partial charge < -0.3 is 4.90 Å². The van der Waals surface area contributed by atoms with Crippen molar-refractivity contribution in [1.82, 2.24) is 9.80 Å². The van der Waals surface area contributed by atoms with Gasteiger partial charge in [-0.3, -0.25) is 9.69 Å². The van der Waals surface area contributed by atoms with E-state index in [9.17, 15) is 9.18 Å². The van der Waals surface area contributed by atoms with E-state index >= 15 is 0 Å². The van der Waals surface area contributed by atoms with Crippen LogP contribution in [0.2, 0.25) is 5.02 Å². The topological polar surface area (TPSA) is 23.6 Å². The SMILES string of the molecule is Cc1ccccc1CN1CCCN(C(=O)c2ccc(F)cc2Cl)CC1. The third-order valence-electron chi connectivity index (χ3n) is 4.69. The molecule has 25 heavy (non-hydrogen) atoms. The summed E-state index contributed by atoms with van der Waals surface area (Å²) >= 11 is 6.04. The molecule has 0 unspecified atom stereocenters. The molecule has 0 saturated carbocycles. The maximum Gasteiger partial charge on any atom is 0.255 e. The van der Waals surface area contributed by atoms with Gasteiger partial charge in [0.2, 0.25) is 0 Å². The van der Waals surface area contributed by atoms with E-state index in [0.717, 1.165) is 26.1 Å². The fourth-order valence-corrected chi connectivity index (χ4v) is 3.44. The third kappa shape index (κ3) is 4.39. The molecule has 0 N–H and O–H groups in total. The Morgan fingerprint density at radius 3 is 2.68 bits per heavy atom. The first-order valence-corrected chi connectivity index (χ1v) is 8.93. The summed E-state index contributed by atoms with van der Waals surface area (Å²) in [5.74, 6) is -0.551. The van der Waals surface area contributed by atoms with Gasteiger partial charge in [0.05, 0.1) is 10.6 Å². The molecular formula is C20H22ClFN2O. The van der Waals surface area contributed by atoms with Gasteiger partial charge in [-0.15, -0.1) is 0 Å². The lowest BCUT2D eigenvalue weighted by molar-refractivity contribution is 0.0761. The summed E-state index contributed by atoms with van der Waals surface area (Å²) in [6.45, 7) is 6.13. The zero-order valence-electron chi connectivity index (χ0n) is 14.3. The van der Waals surface area contributed by atoms with E-state index in [0.29, 0.717) is 18.7 Å². The van der Waals surface area contributed by atoms with Gasteiger partial charge in [0.1, 0.15) is 5.82 Å². The quantitative estimate of drug-likeness (QED) is 0.821. The number of carbonyl (C=O) groups excluding carboxylic acids is 1. The van der Waals surface area contributed by atoms with Crippen LogP contribution in [-0.4, -0.2) is 41.9 Å². The van der Waals surface area contributed by atoms with Crippen LogP contribution < -0.4 is 0 Å². The molecule has 0 radical (unpaired) electrons. The lowest BCUT2D eigenvalue weighted by atomic mass is 10.1. The van der Waals surface area contributed by atoms with E-state index < -0.39 is 5.82 Å². The molecule has 1 aliphatic rings. The summed E-state index contributed by atoms with van der Waals surface area (Å²) in [4.78, 5) is 16.9. The van der Waals surface area contributed by atoms with Crippen LogP contribution in [0.3, 0.4) is 0 Å². The van der Waals surface area contributed by atoms with Gasteiger partial charge in [-0.2, -0.15) is 0 Å². The Hall–Kier alpha value is -1.91. The molecule has 0 aromatic heterocycles. The summed E-state index contributed by atoms with van der Waals surface area (Å²) in [6.07, 6.45) is 0.913. The summed E-state index contributed by atoms with van der Waals surface area (Å²) in [7, 11) is 0. The normalized spacial score (nSPS) is 15.9. The summed E-state index contributed by atoms with van der Waals surface area (Å²) in [5.41, 5.74) is 2.98. The zero-order valence-corrected chi connectivity index (χ0v) is 15.1. The molecule has 1 fully saturated rings. The van der Waals surface area contributed by atoms with Gasteiger partial charge in [0, 0.05) is 32.7 Å². The number of hydrogen-bond donors (Lipinski definition) is 0. The van der Waals surface area contributed by atoms with E-state index in [2.05, 4.69) is 30.0 Å². The number of benzene rings is 2. The summed E-state index contributed by atoms with van der Waals surface area (Å²) < 4.78 is 13.2. The molecule has 3 nitrogen and oxygen atoms in total. The van der Waals surface area contributed by atoms with Crippen LogP contribution >= 0.6 is 11.6 Å². The Morgan fingerprint density at radius 2 is 1.92 bits per heavy atom. The molecule has 3 rings (SSSR count). The molecule has 0 spiro atoms. The van der Waals surface area contributed by atoms with Crippen LogP contribution in [0.4, 0.5) is 4.39 Å². The summed E-state index contributed by atoms with van der Waals surface area (Å²) in [5, 5.41) is 0.172. The standard InChI is InChI=1S/C20H22ClFN2O/c1-15-5-2-3-6-16(15)14-23-9-4-10-24(12-11-23)20(25)18-8-7-17(22)13-19(18)21/h2-3,5-8,13H,4,9-12,14H2,1H3. The molecule has 2 aromatic carbocycles. The number of amides is 1. The maximum absolute atomic E-state index is 13.2. The molecule has 1 aliphatic heterocycles. The van der Waals surface area contributed by atoms with E-state index in [1.54, 1.807) is 0 Å². The predicted octanol–water partition coefficient (Wildman–Crippen LogP) is 4.14. The Bertz CT molecular complexity index is 765. The average molecular weight is 361 g/mol. The Balaban J connectivity index is 1.65. The van der Waals surface area contributed by atoms with Crippen molar-refractivity contribution in [3.63, 3.8) is 0 Å². The lowest BCUT2D eigenvalue weighted by Crippen LogP contribution is -2.35. The molecule has 0 atom stereocenters. The van der Waals surface area contributed by atoms with Crippen LogP contribution in [0.1, 0.15) is 27.9 Å². The highest BCUT2D eigenvalue weighted by molar-refractivity contribution is 6.33. The smallest absolute Gasteiger partial charge is 0.255 e. The average Bonchev–Trinajstić information content (AvgIpc) is 2.82. The van der Waals surface area contributed by atoms with Crippen LogP contribution in [0.25, 0.3) is 0 Å². The minimum absolute atomic E-state index is 0.122. The lowest BCUT2D eigenvalue weighted by Gasteiger charge is -2.23. The number of hydrogen-bond acceptors (Lipinski definition) is 2. The molecule has 1 heterocycles. The second-order valence-corrected chi connectivity index (χ2v) is 6.88. The van der Waals surface area contributed by atoms with Gasteiger partial charge in [0.15, 0.2) is 0 Å². The highest BCUT2D eigenvalue weighted by atomic mass is 35.5. The number of carbonyl (C=O) groups is 1. The highest BCUT2D eigenvalue weighted by Crippen LogP contribution is 2.20. The van der Waals surface area contributed by atoms with Crippen molar-refractivity contribution < 1.29 is 9.18 Å². The molecule has 1 saturated heterocycles. The van der Waals surface area contributed by atoms with Crippen molar-refractivity contribution in [1.29, 1.82) is 0 Å². The Morgan fingerprint density at radius 1 is 1.12 bits per heavy atom. The second-order valence-electron chi connectivity index (χ2n) is 6.47. The van der Waals surface area contributed by atoms with Gasteiger partial charge in [0.25, 0.3) is 5.91 Å². The second kappa shape index (κ2) is 7.98. The van der Waals surface area contributed by atoms with Crippen LogP contribution in [-0.2, 0) is 6.54 Å². The van der Waals surface area contributed by atoms with Crippen molar-refractivity contribution in [3.8, 4) is 0 Å². The third-order valence-corrected chi connectivity index (χ3v) is 5.01. The van der Waals surface area contributed by atoms with E-state index in [-0.39, 0.29) is 10.9 Å². The number of nitrogens with zero attached hydrogens (tertiary/aromatic N) is 2.